The van der Waals surface area contributed by atoms with Crippen LogP contribution in [0.2, 0.25) is 5.02 Å². The third kappa shape index (κ3) is 3.52. The maximum atomic E-state index is 13.3. The van der Waals surface area contributed by atoms with Gasteiger partial charge in [-0.1, -0.05) is 29.8 Å². The van der Waals surface area contributed by atoms with Gasteiger partial charge in [0.1, 0.15) is 23.3 Å². The minimum Gasteiger partial charge on any atom is -0.435 e. The number of hydrogen-bond acceptors (Lipinski definition) is 6. The lowest BCUT2D eigenvalue weighted by Gasteiger charge is -2.13. The van der Waals surface area contributed by atoms with Crippen molar-refractivity contribution in [3.8, 4) is 11.6 Å². The number of benzene rings is 2. The first-order valence-electron chi connectivity index (χ1n) is 8.38. The van der Waals surface area contributed by atoms with Crippen molar-refractivity contribution in [2.75, 3.05) is 11.1 Å². The summed E-state index contributed by atoms with van der Waals surface area (Å²) in [5.74, 6) is 0.520. The molecule has 2 aromatic heterocycles. The molecule has 0 bridgehead atoms. The van der Waals surface area contributed by atoms with E-state index in [0.717, 1.165) is 11.1 Å². The van der Waals surface area contributed by atoms with Gasteiger partial charge in [-0.05, 0) is 37.3 Å². The van der Waals surface area contributed by atoms with Gasteiger partial charge in [-0.25, -0.2) is 14.4 Å². The quantitative estimate of drug-likeness (QED) is 0.491. The van der Waals surface area contributed by atoms with Crippen LogP contribution < -0.4 is 15.8 Å². The lowest BCUT2D eigenvalue weighted by atomic mass is 10.2. The van der Waals surface area contributed by atoms with Crippen molar-refractivity contribution in [1.82, 2.24) is 15.0 Å². The Labute approximate surface area is 165 Å². The summed E-state index contributed by atoms with van der Waals surface area (Å²) in [6, 6.07) is 13.7. The highest BCUT2D eigenvalue weighted by Crippen LogP contribution is 2.34. The molecule has 0 fully saturated rings. The molecule has 0 aliphatic heterocycles. The van der Waals surface area contributed by atoms with Gasteiger partial charge in [0.05, 0.1) is 5.02 Å². The number of rotatable bonds is 4. The molecule has 6 nitrogen and oxygen atoms in total. The minimum atomic E-state index is -0.509. The van der Waals surface area contributed by atoms with Crippen molar-refractivity contribution in [2.24, 2.45) is 0 Å². The highest BCUT2D eigenvalue weighted by molar-refractivity contribution is 6.31. The van der Waals surface area contributed by atoms with Crippen molar-refractivity contribution < 1.29 is 9.13 Å². The number of hydrogen-bond donors (Lipinski definition) is 2. The van der Waals surface area contributed by atoms with E-state index in [4.69, 9.17) is 22.1 Å². The van der Waals surface area contributed by atoms with Gasteiger partial charge in [-0.2, -0.15) is 4.98 Å². The zero-order valence-corrected chi connectivity index (χ0v) is 15.5. The van der Waals surface area contributed by atoms with Crippen molar-refractivity contribution in [2.45, 2.75) is 6.92 Å². The largest absolute Gasteiger partial charge is 0.435 e. The Bertz CT molecular complexity index is 1180. The summed E-state index contributed by atoms with van der Waals surface area (Å²) in [4.78, 5) is 12.8. The second kappa shape index (κ2) is 7.28. The number of nitrogen functional groups attached to an aromatic ring is 1. The number of ether oxygens (including phenoxy) is 1. The summed E-state index contributed by atoms with van der Waals surface area (Å²) < 4.78 is 19.3. The van der Waals surface area contributed by atoms with E-state index in [-0.39, 0.29) is 16.6 Å². The van der Waals surface area contributed by atoms with Gasteiger partial charge in [0.2, 0.25) is 5.88 Å². The number of para-hydroxylation sites is 1. The first kappa shape index (κ1) is 17.9. The molecule has 2 aromatic carbocycles. The average Bonchev–Trinajstić information content (AvgIpc) is 2.68. The molecule has 2 heterocycles. The third-order valence-corrected chi connectivity index (χ3v) is 4.35. The number of anilines is 3. The molecule has 0 amide bonds. The first-order valence-corrected chi connectivity index (χ1v) is 8.76. The van der Waals surface area contributed by atoms with Gasteiger partial charge in [0, 0.05) is 16.8 Å². The summed E-state index contributed by atoms with van der Waals surface area (Å²) in [6.07, 6.45) is 1.32. The Morgan fingerprint density at radius 3 is 2.79 bits per heavy atom. The fourth-order valence-corrected chi connectivity index (χ4v) is 2.86. The molecule has 0 atom stereocenters. The Balaban J connectivity index is 1.67. The lowest BCUT2D eigenvalue weighted by molar-refractivity contribution is 0.469. The summed E-state index contributed by atoms with van der Waals surface area (Å²) in [5.41, 5.74) is 8.49. The minimum absolute atomic E-state index is 0.00805. The molecule has 4 aromatic rings. The summed E-state index contributed by atoms with van der Waals surface area (Å²) >= 11 is 5.82. The molecule has 0 aliphatic rings. The number of pyridine rings is 1. The molecule has 4 rings (SSSR count). The predicted octanol–water partition coefficient (Wildman–Crippen LogP) is 5.24. The van der Waals surface area contributed by atoms with Crippen molar-refractivity contribution in [1.29, 1.82) is 0 Å². The highest BCUT2D eigenvalue weighted by atomic mass is 35.5. The van der Waals surface area contributed by atoms with E-state index < -0.39 is 5.82 Å². The SMILES string of the molecule is Cc1ccc2cccc(Oc3ncnc(Nc4ccc(F)c(Cl)c4)c3N)c2n1. The van der Waals surface area contributed by atoms with E-state index in [0.29, 0.717) is 22.8 Å². The zero-order valence-electron chi connectivity index (χ0n) is 14.8. The van der Waals surface area contributed by atoms with Crippen LogP contribution in [0.5, 0.6) is 11.6 Å². The molecule has 0 saturated carbocycles. The summed E-state index contributed by atoms with van der Waals surface area (Å²) in [7, 11) is 0. The molecule has 3 N–H and O–H groups in total. The summed E-state index contributed by atoms with van der Waals surface area (Å²) in [5, 5.41) is 3.92. The van der Waals surface area contributed by atoms with Crippen LogP contribution in [0.15, 0.2) is 54.9 Å². The van der Waals surface area contributed by atoms with Crippen LogP contribution >= 0.6 is 11.6 Å². The normalized spacial score (nSPS) is 10.8. The number of fused-ring (bicyclic) bond motifs is 1. The molecule has 0 spiro atoms. The van der Waals surface area contributed by atoms with E-state index in [1.165, 1.54) is 24.5 Å². The van der Waals surface area contributed by atoms with Gasteiger partial charge in [-0.3, -0.25) is 0 Å². The number of aryl methyl sites for hydroxylation is 1. The monoisotopic (exact) mass is 395 g/mol. The smallest absolute Gasteiger partial charge is 0.248 e. The van der Waals surface area contributed by atoms with E-state index >= 15 is 0 Å². The van der Waals surface area contributed by atoms with Crippen LogP contribution in [0, 0.1) is 12.7 Å². The molecule has 8 heteroatoms. The maximum Gasteiger partial charge on any atom is 0.248 e. The fraction of sp³-hybridized carbons (Fsp3) is 0.0500. The molecule has 0 saturated heterocycles. The van der Waals surface area contributed by atoms with Gasteiger partial charge in [-0.15, -0.1) is 0 Å². The summed E-state index contributed by atoms with van der Waals surface area (Å²) in [6.45, 7) is 1.91. The van der Waals surface area contributed by atoms with Crippen LogP contribution in [0.25, 0.3) is 10.9 Å². The third-order valence-electron chi connectivity index (χ3n) is 4.06. The Morgan fingerprint density at radius 2 is 1.96 bits per heavy atom. The molecular weight excluding hydrogens is 381 g/mol. The molecule has 28 heavy (non-hydrogen) atoms. The number of nitrogens with one attached hydrogen (secondary N) is 1. The van der Waals surface area contributed by atoms with Crippen LogP contribution in [-0.4, -0.2) is 15.0 Å². The predicted molar refractivity (Wildman–Crippen MR) is 108 cm³/mol. The molecular formula is C20H15ClFN5O. The topological polar surface area (TPSA) is 86.0 Å². The standard InChI is InChI=1S/C20H15ClFN5O/c1-11-5-6-12-3-2-4-16(18(12)26-11)28-20-17(23)19(24-10-25-20)27-13-7-8-15(22)14(21)9-13/h2-10H,23H2,1H3,(H,24,25,27). The average molecular weight is 396 g/mol. The first-order chi connectivity index (χ1) is 13.5. The molecule has 140 valence electrons. The highest BCUT2D eigenvalue weighted by Gasteiger charge is 2.13. The number of nitrogens with two attached hydrogens (primary N) is 1. The second-order valence-corrected chi connectivity index (χ2v) is 6.48. The van der Waals surface area contributed by atoms with Crippen molar-refractivity contribution in [3.63, 3.8) is 0 Å². The van der Waals surface area contributed by atoms with Gasteiger partial charge in [0.15, 0.2) is 11.6 Å². The Hall–Kier alpha value is -3.45. The molecule has 0 aliphatic carbocycles. The van der Waals surface area contributed by atoms with E-state index in [2.05, 4.69) is 20.3 Å². The fourth-order valence-electron chi connectivity index (χ4n) is 2.67. The Kier molecular flexibility index (Phi) is 4.67. The Morgan fingerprint density at radius 1 is 1.11 bits per heavy atom. The van der Waals surface area contributed by atoms with Crippen LogP contribution in [-0.2, 0) is 0 Å². The van der Waals surface area contributed by atoms with E-state index in [1.54, 1.807) is 6.07 Å². The number of halogens is 2. The van der Waals surface area contributed by atoms with Gasteiger partial charge in [0.25, 0.3) is 0 Å². The van der Waals surface area contributed by atoms with Crippen LogP contribution in [0.4, 0.5) is 21.6 Å². The van der Waals surface area contributed by atoms with Gasteiger partial charge >= 0.3 is 0 Å². The van der Waals surface area contributed by atoms with Crippen molar-refractivity contribution in [3.05, 3.63) is 71.4 Å². The molecule has 0 radical (unpaired) electrons. The molecule has 0 unspecified atom stereocenters. The van der Waals surface area contributed by atoms with Gasteiger partial charge < -0.3 is 15.8 Å². The van der Waals surface area contributed by atoms with Crippen LogP contribution in [0.1, 0.15) is 5.69 Å². The van der Waals surface area contributed by atoms with E-state index in [9.17, 15) is 4.39 Å². The maximum absolute atomic E-state index is 13.3. The van der Waals surface area contributed by atoms with Crippen LogP contribution in [0.3, 0.4) is 0 Å². The van der Waals surface area contributed by atoms with Crippen molar-refractivity contribution >= 4 is 39.7 Å². The zero-order chi connectivity index (χ0) is 19.7. The second-order valence-electron chi connectivity index (χ2n) is 6.08. The number of aromatic nitrogens is 3. The van der Waals surface area contributed by atoms with E-state index in [1.807, 2.05) is 31.2 Å². The number of nitrogens with zero attached hydrogens (tertiary/aromatic N) is 3. The lowest BCUT2D eigenvalue weighted by Crippen LogP contribution is -2.03.